The highest BCUT2D eigenvalue weighted by Gasteiger charge is 2.41. The highest BCUT2D eigenvalue weighted by Crippen LogP contribution is 2.42. The first kappa shape index (κ1) is 40.9. The molecule has 0 bridgehead atoms. The Morgan fingerprint density at radius 1 is 1.20 bits per heavy atom. The van der Waals surface area contributed by atoms with E-state index in [1.54, 1.807) is 18.3 Å². The molecule has 1 fully saturated rings. The summed E-state index contributed by atoms with van der Waals surface area (Å²) in [5.74, 6) is 1.18. The Kier molecular flexibility index (Phi) is 17.1. The second kappa shape index (κ2) is 20.9. The van der Waals surface area contributed by atoms with Crippen LogP contribution in [0.15, 0.2) is 48.5 Å². The van der Waals surface area contributed by atoms with Gasteiger partial charge in [-0.2, -0.15) is 9.97 Å². The van der Waals surface area contributed by atoms with Crippen molar-refractivity contribution in [2.45, 2.75) is 52.6 Å². The number of methoxy groups -OCH3 is 1. The molecule has 1 saturated heterocycles. The molecule has 0 saturated carbocycles. The van der Waals surface area contributed by atoms with Crippen molar-refractivity contribution in [2.75, 3.05) is 61.2 Å². The number of nitrogen functional groups attached to an aromatic ring is 1. The van der Waals surface area contributed by atoms with Gasteiger partial charge in [0, 0.05) is 38.4 Å². The molecule has 0 amide bonds. The number of aldehydes is 1. The number of fused-ring (bicyclic) bond motifs is 1. The Bertz CT molecular complexity index is 1500. The van der Waals surface area contributed by atoms with Crippen molar-refractivity contribution in [3.63, 3.8) is 0 Å². The van der Waals surface area contributed by atoms with E-state index in [4.69, 9.17) is 24.3 Å². The molecule has 5 atom stereocenters. The van der Waals surface area contributed by atoms with Gasteiger partial charge in [-0.05, 0) is 44.0 Å². The molecule has 0 aliphatic carbocycles. The lowest BCUT2D eigenvalue weighted by atomic mass is 10.1. The van der Waals surface area contributed by atoms with Gasteiger partial charge in [-0.25, -0.2) is 18.1 Å². The molecule has 5 N–H and O–H groups in total. The van der Waals surface area contributed by atoms with Crippen LogP contribution in [0.25, 0.3) is 0 Å². The van der Waals surface area contributed by atoms with Crippen molar-refractivity contribution in [1.82, 2.24) is 19.9 Å². The molecule has 1 aromatic heterocycles. The van der Waals surface area contributed by atoms with Crippen LogP contribution in [0.2, 0.25) is 0 Å². The van der Waals surface area contributed by atoms with E-state index in [1.807, 2.05) is 30.3 Å². The number of hydrogen-bond donors (Lipinski definition) is 4. The summed E-state index contributed by atoms with van der Waals surface area (Å²) in [4.78, 5) is 22.5. The van der Waals surface area contributed by atoms with E-state index < -0.39 is 31.1 Å². The fourth-order valence-corrected chi connectivity index (χ4v) is 6.71. The average Bonchev–Trinajstić information content (AvgIpc) is 3.67. The van der Waals surface area contributed by atoms with Crippen LogP contribution < -0.4 is 35.4 Å². The number of hydrazine groups is 1. The third-order valence-electron chi connectivity index (χ3n) is 7.08. The van der Waals surface area contributed by atoms with Crippen molar-refractivity contribution in [3.05, 3.63) is 65.7 Å². The molecule has 0 spiro atoms. The number of nitrogens with zero attached hydrogens (tertiary/aromatic N) is 4. The third-order valence-corrected chi connectivity index (χ3v) is 8.85. The normalized spacial score (nSPS) is 18.8. The second-order valence-electron chi connectivity index (χ2n) is 11.1. The van der Waals surface area contributed by atoms with E-state index in [2.05, 4.69) is 48.7 Å². The molecule has 5 unspecified atom stereocenters. The lowest BCUT2D eigenvalue weighted by Crippen LogP contribution is -2.39. The number of aromatic nitrogens is 2. The van der Waals surface area contributed by atoms with Crippen molar-refractivity contribution < 1.29 is 36.3 Å². The molecule has 2 aliphatic heterocycles. The van der Waals surface area contributed by atoms with Gasteiger partial charge in [-0.1, -0.05) is 38.1 Å². The molecule has 3 heterocycles. The molecule has 276 valence electrons. The lowest BCUT2D eigenvalue weighted by molar-refractivity contribution is -0.106. The highest BCUT2D eigenvalue weighted by atomic mass is 32.2. The van der Waals surface area contributed by atoms with Crippen LogP contribution in [0.3, 0.4) is 0 Å². The molecule has 50 heavy (non-hydrogen) atoms. The standard InChI is InChI=1S/C22H35N8O4PS.C8H8F2O.C2H4O/c1-5-11-25-35(34-16-9-7-6-8-10-16)32-13-17-12-15(2)21(33-17)30-14-24-18-19(29(3)28-36(4)31)26-22(23)27-20(18)30;1-11-5-6-7(9)3-2-4-8(6)10;1-2-3/h6-10,15,17,21,24-25,28H,5,11-14H2,1-4H3,(H2,23,26,27);2-4H,5H2,1H3;2H,1H3. The maximum absolute atomic E-state index is 12.7. The maximum atomic E-state index is 12.7. The first-order chi connectivity index (χ1) is 24.0. The Balaban J connectivity index is 0.000000404. The number of ether oxygens (including phenoxy) is 2. The van der Waals surface area contributed by atoms with E-state index in [-0.39, 0.29) is 36.4 Å². The first-order valence-electron chi connectivity index (χ1n) is 15.9. The van der Waals surface area contributed by atoms with Gasteiger partial charge in [-0.15, -0.1) is 4.83 Å². The van der Waals surface area contributed by atoms with E-state index in [0.29, 0.717) is 30.6 Å². The molecular formula is C32H47F2N8O6PS. The number of rotatable bonds is 14. The summed E-state index contributed by atoms with van der Waals surface area (Å²) in [7, 11) is 0.573. The van der Waals surface area contributed by atoms with Crippen LogP contribution in [-0.2, 0) is 36.4 Å². The highest BCUT2D eigenvalue weighted by molar-refractivity contribution is 7.82. The zero-order chi connectivity index (χ0) is 36.6. The summed E-state index contributed by atoms with van der Waals surface area (Å²) in [5.41, 5.74) is 6.71. The topological polar surface area (TPSA) is 165 Å². The van der Waals surface area contributed by atoms with Crippen molar-refractivity contribution in [1.29, 1.82) is 0 Å². The predicted octanol–water partition coefficient (Wildman–Crippen LogP) is 4.87. The summed E-state index contributed by atoms with van der Waals surface area (Å²) >= 11 is 0. The van der Waals surface area contributed by atoms with Crippen LogP contribution in [-0.4, -0.2) is 73.0 Å². The van der Waals surface area contributed by atoms with Gasteiger partial charge in [0.15, 0.2) is 11.6 Å². The monoisotopic (exact) mass is 740 g/mol. The minimum atomic E-state index is -1.29. The summed E-state index contributed by atoms with van der Waals surface area (Å²) in [5, 5.41) is 8.27. The van der Waals surface area contributed by atoms with Crippen LogP contribution in [0.4, 0.5) is 32.1 Å². The molecule has 2 aromatic carbocycles. The minimum Gasteiger partial charge on any atom is -0.436 e. The molecule has 5 rings (SSSR count). The smallest absolute Gasteiger partial charge is 0.318 e. The van der Waals surface area contributed by atoms with E-state index in [0.717, 1.165) is 31.4 Å². The van der Waals surface area contributed by atoms with Crippen LogP contribution in [0.5, 0.6) is 5.75 Å². The van der Waals surface area contributed by atoms with Crippen molar-refractivity contribution in [3.8, 4) is 5.75 Å². The zero-order valence-electron chi connectivity index (χ0n) is 29.1. The van der Waals surface area contributed by atoms with Gasteiger partial charge in [0.1, 0.15) is 46.6 Å². The minimum absolute atomic E-state index is 0.0185. The summed E-state index contributed by atoms with van der Waals surface area (Å²) in [6, 6.07) is 13.4. The molecular weight excluding hydrogens is 693 g/mol. The maximum Gasteiger partial charge on any atom is 0.318 e. The lowest BCUT2D eigenvalue weighted by Gasteiger charge is -2.28. The van der Waals surface area contributed by atoms with E-state index in [1.165, 1.54) is 32.2 Å². The number of nitrogens with one attached hydrogen (secondary N) is 3. The van der Waals surface area contributed by atoms with Gasteiger partial charge < -0.3 is 39.3 Å². The SMILES string of the molecule is CC=O.CCCNP(OCC1CC(C)C(N2CNc3c(N(C)NS(C)=O)nc(N)nc32)O1)Oc1ccccc1.COCc1c(F)cccc1F. The van der Waals surface area contributed by atoms with Gasteiger partial charge in [0.2, 0.25) is 5.95 Å². The fourth-order valence-electron chi connectivity index (χ4n) is 5.00. The Morgan fingerprint density at radius 2 is 1.88 bits per heavy atom. The zero-order valence-corrected chi connectivity index (χ0v) is 30.8. The van der Waals surface area contributed by atoms with E-state index >= 15 is 0 Å². The van der Waals surface area contributed by atoms with Crippen molar-refractivity contribution in [2.24, 2.45) is 5.92 Å². The Morgan fingerprint density at radius 3 is 2.50 bits per heavy atom. The van der Waals surface area contributed by atoms with Crippen molar-refractivity contribution >= 4 is 49.1 Å². The molecule has 0 radical (unpaired) electrons. The van der Waals surface area contributed by atoms with Crippen LogP contribution in [0, 0.1) is 17.6 Å². The van der Waals surface area contributed by atoms with Crippen LogP contribution in [0.1, 0.15) is 39.2 Å². The van der Waals surface area contributed by atoms with Gasteiger partial charge in [0.25, 0.3) is 0 Å². The molecule has 3 aromatic rings. The number of carbonyl (C=O) groups is 1. The summed E-state index contributed by atoms with van der Waals surface area (Å²) in [6.07, 6.45) is 3.81. The Hall–Kier alpha value is -3.57. The number of carbonyl (C=O) groups excluding carboxylic acids is 1. The number of nitrogens with two attached hydrogens (primary N) is 1. The number of hydrogen-bond acceptors (Lipinski definition) is 13. The molecule has 18 heteroatoms. The van der Waals surface area contributed by atoms with E-state index in [9.17, 15) is 13.0 Å². The number of benzene rings is 2. The number of halogens is 2. The second-order valence-corrected chi connectivity index (χ2v) is 13.5. The molecule has 2 aliphatic rings. The first-order valence-corrected chi connectivity index (χ1v) is 18.6. The van der Waals surface area contributed by atoms with Gasteiger partial charge >= 0.3 is 8.53 Å². The fraction of sp³-hybridized carbons (Fsp3) is 0.469. The largest absolute Gasteiger partial charge is 0.436 e. The number of para-hydroxylation sites is 1. The number of anilines is 4. The third kappa shape index (κ3) is 12.0. The van der Waals surface area contributed by atoms with Gasteiger partial charge in [-0.3, -0.25) is 5.01 Å². The molecule has 14 nitrogen and oxygen atoms in total. The van der Waals surface area contributed by atoms with Gasteiger partial charge in [0.05, 0.1) is 26.0 Å². The summed E-state index contributed by atoms with van der Waals surface area (Å²) in [6.45, 7) is 7.38. The average molecular weight is 741 g/mol. The Labute approximate surface area is 295 Å². The predicted molar refractivity (Wildman–Crippen MR) is 193 cm³/mol. The van der Waals surface area contributed by atoms with Crippen LogP contribution >= 0.6 is 8.53 Å². The quantitative estimate of drug-likeness (QED) is 0.101. The summed E-state index contributed by atoms with van der Waals surface area (Å²) < 4.78 is 60.3.